The number of rotatable bonds is 7. The van der Waals surface area contributed by atoms with E-state index in [1.807, 2.05) is 30.5 Å². The number of halogens is 1. The van der Waals surface area contributed by atoms with Crippen molar-refractivity contribution in [1.29, 1.82) is 0 Å². The second-order valence-corrected chi connectivity index (χ2v) is 10.1. The SMILES string of the molecule is N[C@H]1CC[C@@H](CNc2nccc(Nc3ncc(C4CC4)s3)n2)C[C@@H]1c1cccc(Cl)c1. The standard InChI is InChI=1S/C23H27ClN6S/c24-17-3-1-2-16(11-17)18-10-14(4-7-19(18)25)12-27-22-26-9-8-21(29-22)30-23-28-13-20(31-23)15-5-6-15/h1-3,8-9,11,13-15,18-19H,4-7,10,12,25H2,(H2,26,27,28,29,30)/t14-,18-,19+/m1/s1. The maximum absolute atomic E-state index is 6.45. The van der Waals surface area contributed by atoms with Crippen LogP contribution in [0.25, 0.3) is 0 Å². The number of anilines is 3. The lowest BCUT2D eigenvalue weighted by Gasteiger charge is -2.34. The first-order valence-corrected chi connectivity index (χ1v) is 12.1. The van der Waals surface area contributed by atoms with E-state index < -0.39 is 0 Å². The van der Waals surface area contributed by atoms with Crippen LogP contribution in [0.5, 0.6) is 0 Å². The van der Waals surface area contributed by atoms with Gasteiger partial charge in [-0.3, -0.25) is 0 Å². The van der Waals surface area contributed by atoms with Gasteiger partial charge >= 0.3 is 0 Å². The van der Waals surface area contributed by atoms with Crippen molar-refractivity contribution in [3.8, 4) is 0 Å². The number of benzene rings is 1. The molecule has 2 aliphatic rings. The van der Waals surface area contributed by atoms with E-state index in [0.29, 0.717) is 17.8 Å². The Labute approximate surface area is 191 Å². The molecular formula is C23H27ClN6S. The van der Waals surface area contributed by atoms with Crippen molar-refractivity contribution in [2.45, 2.75) is 50.0 Å². The maximum Gasteiger partial charge on any atom is 0.224 e. The predicted octanol–water partition coefficient (Wildman–Crippen LogP) is 5.53. The Morgan fingerprint density at radius 2 is 2.03 bits per heavy atom. The van der Waals surface area contributed by atoms with Crippen molar-refractivity contribution >= 4 is 39.8 Å². The molecule has 0 saturated heterocycles. The van der Waals surface area contributed by atoms with Gasteiger partial charge in [0.1, 0.15) is 5.82 Å². The van der Waals surface area contributed by atoms with Gasteiger partial charge in [-0.05, 0) is 73.6 Å². The van der Waals surface area contributed by atoms with E-state index in [-0.39, 0.29) is 6.04 Å². The monoisotopic (exact) mass is 454 g/mol. The molecule has 0 bridgehead atoms. The van der Waals surface area contributed by atoms with E-state index in [4.69, 9.17) is 17.3 Å². The highest BCUT2D eigenvalue weighted by Crippen LogP contribution is 2.43. The van der Waals surface area contributed by atoms with Gasteiger partial charge in [-0.1, -0.05) is 23.7 Å². The largest absolute Gasteiger partial charge is 0.354 e. The van der Waals surface area contributed by atoms with Gasteiger partial charge in [0.25, 0.3) is 0 Å². The molecule has 8 heteroatoms. The van der Waals surface area contributed by atoms with E-state index in [2.05, 4.69) is 31.7 Å². The molecule has 3 atom stereocenters. The van der Waals surface area contributed by atoms with Crippen molar-refractivity contribution < 1.29 is 0 Å². The van der Waals surface area contributed by atoms with Crippen molar-refractivity contribution in [3.63, 3.8) is 0 Å². The molecule has 3 aromatic rings. The molecule has 162 valence electrons. The fraction of sp³-hybridized carbons (Fsp3) is 0.435. The summed E-state index contributed by atoms with van der Waals surface area (Å²) in [5, 5.41) is 8.40. The molecule has 6 nitrogen and oxygen atoms in total. The normalized spacial score (nSPS) is 23.5. The van der Waals surface area contributed by atoms with Crippen LogP contribution in [-0.4, -0.2) is 27.5 Å². The number of nitrogens with two attached hydrogens (primary N) is 1. The second-order valence-electron chi connectivity index (χ2n) is 8.62. The Kier molecular flexibility index (Phi) is 6.07. The first kappa shape index (κ1) is 20.7. The highest BCUT2D eigenvalue weighted by molar-refractivity contribution is 7.15. The van der Waals surface area contributed by atoms with Gasteiger partial charge in [-0.2, -0.15) is 4.98 Å². The van der Waals surface area contributed by atoms with E-state index in [0.717, 1.165) is 47.7 Å². The van der Waals surface area contributed by atoms with Crippen molar-refractivity contribution in [3.05, 3.63) is 58.2 Å². The summed E-state index contributed by atoms with van der Waals surface area (Å²) in [5.74, 6) is 2.97. The van der Waals surface area contributed by atoms with Crippen LogP contribution in [0.3, 0.4) is 0 Å². The molecule has 0 amide bonds. The Hall–Kier alpha value is -2.22. The Balaban J connectivity index is 1.19. The summed E-state index contributed by atoms with van der Waals surface area (Å²) in [6.45, 7) is 0.830. The zero-order valence-corrected chi connectivity index (χ0v) is 18.9. The summed E-state index contributed by atoms with van der Waals surface area (Å²) >= 11 is 7.92. The van der Waals surface area contributed by atoms with E-state index in [1.54, 1.807) is 17.5 Å². The molecule has 4 N–H and O–H groups in total. The third-order valence-electron chi connectivity index (χ3n) is 6.23. The van der Waals surface area contributed by atoms with Gasteiger partial charge in [0.15, 0.2) is 5.13 Å². The molecule has 0 radical (unpaired) electrons. The van der Waals surface area contributed by atoms with E-state index in [1.165, 1.54) is 23.3 Å². The van der Waals surface area contributed by atoms with Gasteiger partial charge in [0.05, 0.1) is 0 Å². The molecule has 2 aromatic heterocycles. The Bertz CT molecular complexity index is 1040. The average molecular weight is 455 g/mol. The quantitative estimate of drug-likeness (QED) is 0.435. The molecular weight excluding hydrogens is 428 g/mol. The van der Waals surface area contributed by atoms with Crippen LogP contribution < -0.4 is 16.4 Å². The third kappa shape index (κ3) is 5.17. The minimum absolute atomic E-state index is 0.178. The fourth-order valence-corrected chi connectivity index (χ4v) is 5.54. The summed E-state index contributed by atoms with van der Waals surface area (Å²) in [7, 11) is 0. The van der Waals surface area contributed by atoms with Crippen molar-refractivity contribution in [2.75, 3.05) is 17.2 Å². The average Bonchev–Trinajstić information content (AvgIpc) is 3.53. The molecule has 2 aliphatic carbocycles. The number of nitrogens with one attached hydrogen (secondary N) is 2. The van der Waals surface area contributed by atoms with Gasteiger partial charge in [-0.25, -0.2) is 9.97 Å². The molecule has 31 heavy (non-hydrogen) atoms. The van der Waals surface area contributed by atoms with Gasteiger partial charge in [-0.15, -0.1) is 11.3 Å². The molecule has 2 saturated carbocycles. The zero-order valence-electron chi connectivity index (χ0n) is 17.3. The minimum Gasteiger partial charge on any atom is -0.354 e. The lowest BCUT2D eigenvalue weighted by molar-refractivity contribution is 0.298. The highest BCUT2D eigenvalue weighted by atomic mass is 35.5. The van der Waals surface area contributed by atoms with Crippen LogP contribution in [0.2, 0.25) is 5.02 Å². The Morgan fingerprint density at radius 3 is 2.87 bits per heavy atom. The summed E-state index contributed by atoms with van der Waals surface area (Å²) in [6.07, 6.45) is 9.48. The van der Waals surface area contributed by atoms with E-state index in [9.17, 15) is 0 Å². The number of hydrogen-bond acceptors (Lipinski definition) is 7. The lowest BCUT2D eigenvalue weighted by atomic mass is 9.75. The topological polar surface area (TPSA) is 88.8 Å². The first-order valence-electron chi connectivity index (χ1n) is 10.9. The zero-order chi connectivity index (χ0) is 21.2. The van der Waals surface area contributed by atoms with E-state index >= 15 is 0 Å². The summed E-state index contributed by atoms with van der Waals surface area (Å²) in [4.78, 5) is 14.8. The van der Waals surface area contributed by atoms with Crippen LogP contribution >= 0.6 is 22.9 Å². The fourth-order valence-electron chi connectivity index (χ4n) is 4.35. The van der Waals surface area contributed by atoms with Crippen LogP contribution in [0.15, 0.2) is 42.7 Å². The summed E-state index contributed by atoms with van der Waals surface area (Å²) in [5.41, 5.74) is 7.68. The second kappa shape index (κ2) is 9.10. The van der Waals surface area contributed by atoms with Crippen LogP contribution in [-0.2, 0) is 0 Å². The molecule has 0 unspecified atom stereocenters. The number of hydrogen-bond donors (Lipinski definition) is 3. The molecule has 5 rings (SSSR count). The number of thiazole rings is 1. The lowest BCUT2D eigenvalue weighted by Crippen LogP contribution is -2.36. The molecule has 2 fully saturated rings. The number of nitrogens with zero attached hydrogens (tertiary/aromatic N) is 3. The number of aromatic nitrogens is 3. The molecule has 1 aromatic carbocycles. The van der Waals surface area contributed by atoms with Crippen LogP contribution in [0.4, 0.5) is 16.9 Å². The van der Waals surface area contributed by atoms with Crippen LogP contribution in [0.1, 0.15) is 54.4 Å². The molecule has 2 heterocycles. The summed E-state index contributed by atoms with van der Waals surface area (Å²) in [6, 6.07) is 10.2. The maximum atomic E-state index is 6.45. The Morgan fingerprint density at radius 1 is 1.13 bits per heavy atom. The van der Waals surface area contributed by atoms with Crippen molar-refractivity contribution in [2.24, 2.45) is 11.7 Å². The predicted molar refractivity (Wildman–Crippen MR) is 127 cm³/mol. The van der Waals surface area contributed by atoms with Crippen LogP contribution in [0, 0.1) is 5.92 Å². The van der Waals surface area contributed by atoms with Gasteiger partial charge < -0.3 is 16.4 Å². The third-order valence-corrected chi connectivity index (χ3v) is 7.54. The minimum atomic E-state index is 0.178. The summed E-state index contributed by atoms with van der Waals surface area (Å²) < 4.78 is 0. The first-order chi connectivity index (χ1) is 15.1. The highest BCUT2D eigenvalue weighted by Gasteiger charge is 2.29. The molecule has 0 aliphatic heterocycles. The van der Waals surface area contributed by atoms with Crippen molar-refractivity contribution in [1.82, 2.24) is 15.0 Å². The molecule has 0 spiro atoms. The van der Waals surface area contributed by atoms with Gasteiger partial charge in [0, 0.05) is 34.9 Å². The van der Waals surface area contributed by atoms with Gasteiger partial charge in [0.2, 0.25) is 5.95 Å². The smallest absolute Gasteiger partial charge is 0.224 e.